The summed E-state index contributed by atoms with van der Waals surface area (Å²) >= 11 is 3.28. The molecule has 0 bridgehead atoms. The number of benzene rings is 1. The predicted octanol–water partition coefficient (Wildman–Crippen LogP) is 2.38. The monoisotopic (exact) mass is 269 g/mol. The normalized spacial score (nSPS) is 10.8. The quantitative estimate of drug-likeness (QED) is 0.478. The van der Waals surface area contributed by atoms with Crippen LogP contribution in [0.1, 0.15) is 5.56 Å². The summed E-state index contributed by atoms with van der Waals surface area (Å²) in [4.78, 5) is 10.5. The minimum absolute atomic E-state index is 0.0990. The molecule has 78 valence electrons. The lowest BCUT2D eigenvalue weighted by Crippen LogP contribution is -1.96. The molecule has 0 saturated heterocycles. The maximum Gasteiger partial charge on any atom is 0.295 e. The Morgan fingerprint density at radius 2 is 2.33 bits per heavy atom. The van der Waals surface area contributed by atoms with E-state index in [9.17, 15) is 10.1 Å². The molecule has 2 aromatic rings. The summed E-state index contributed by atoms with van der Waals surface area (Å²) in [6, 6.07) is 3.46. The standard InChI is InChI=1S/C9H8BrN3O2/c1-12-9-7(5-11-12)2-6(4-10)3-8(9)13(14)15/h2-3,5H,4H2,1H3. The molecule has 0 saturated carbocycles. The van der Waals surface area contributed by atoms with Crippen LogP contribution < -0.4 is 0 Å². The lowest BCUT2D eigenvalue weighted by Gasteiger charge is -2.00. The number of hydrogen-bond donors (Lipinski definition) is 0. The first-order valence-electron chi connectivity index (χ1n) is 4.28. The first-order chi connectivity index (χ1) is 7.13. The van der Waals surface area contributed by atoms with Crippen molar-refractivity contribution in [2.24, 2.45) is 7.05 Å². The van der Waals surface area contributed by atoms with E-state index in [4.69, 9.17) is 0 Å². The van der Waals surface area contributed by atoms with E-state index in [1.54, 1.807) is 19.3 Å². The summed E-state index contributed by atoms with van der Waals surface area (Å²) in [6.45, 7) is 0. The highest BCUT2D eigenvalue weighted by atomic mass is 79.9. The summed E-state index contributed by atoms with van der Waals surface area (Å²) in [5, 5.41) is 16.3. The fourth-order valence-electron chi connectivity index (χ4n) is 1.58. The third kappa shape index (κ3) is 1.61. The van der Waals surface area contributed by atoms with E-state index < -0.39 is 0 Å². The Morgan fingerprint density at radius 1 is 1.60 bits per heavy atom. The molecule has 0 unspecified atom stereocenters. The van der Waals surface area contributed by atoms with Gasteiger partial charge in [-0.1, -0.05) is 15.9 Å². The zero-order valence-electron chi connectivity index (χ0n) is 7.98. The Hall–Kier alpha value is -1.43. The Kier molecular flexibility index (Phi) is 2.44. The molecule has 1 aromatic carbocycles. The minimum Gasteiger partial charge on any atom is -0.261 e. The molecule has 15 heavy (non-hydrogen) atoms. The molecule has 1 aromatic heterocycles. The highest BCUT2D eigenvalue weighted by molar-refractivity contribution is 9.08. The first kappa shape index (κ1) is 10.1. The summed E-state index contributed by atoms with van der Waals surface area (Å²) in [7, 11) is 1.70. The third-order valence-electron chi connectivity index (χ3n) is 2.22. The number of aryl methyl sites for hydroxylation is 1. The molecule has 0 aliphatic heterocycles. The molecule has 0 N–H and O–H groups in total. The van der Waals surface area contributed by atoms with Crippen LogP contribution >= 0.6 is 15.9 Å². The van der Waals surface area contributed by atoms with Crippen molar-refractivity contribution in [3.05, 3.63) is 34.0 Å². The van der Waals surface area contributed by atoms with Gasteiger partial charge in [0.2, 0.25) is 0 Å². The van der Waals surface area contributed by atoms with Crippen LogP contribution in [0.3, 0.4) is 0 Å². The fourth-order valence-corrected chi connectivity index (χ4v) is 1.90. The zero-order valence-corrected chi connectivity index (χ0v) is 9.56. The van der Waals surface area contributed by atoms with Crippen LogP contribution in [0.4, 0.5) is 5.69 Å². The van der Waals surface area contributed by atoms with E-state index in [1.165, 1.54) is 4.68 Å². The molecule has 0 fully saturated rings. The molecule has 0 aliphatic rings. The van der Waals surface area contributed by atoms with E-state index in [0.717, 1.165) is 10.9 Å². The largest absolute Gasteiger partial charge is 0.295 e. The number of non-ortho nitro benzene ring substituents is 1. The van der Waals surface area contributed by atoms with E-state index >= 15 is 0 Å². The number of nitro groups is 1. The lowest BCUT2D eigenvalue weighted by molar-refractivity contribution is -0.383. The van der Waals surface area contributed by atoms with Crippen molar-refractivity contribution in [1.29, 1.82) is 0 Å². The Labute approximate surface area is 94.0 Å². The number of halogens is 1. The molecule has 0 spiro atoms. The van der Waals surface area contributed by atoms with Crippen LogP contribution in [0.2, 0.25) is 0 Å². The molecule has 2 rings (SSSR count). The van der Waals surface area contributed by atoms with Gasteiger partial charge in [0.05, 0.1) is 11.1 Å². The van der Waals surface area contributed by atoms with Crippen molar-refractivity contribution < 1.29 is 4.92 Å². The van der Waals surface area contributed by atoms with E-state index in [-0.39, 0.29) is 10.6 Å². The van der Waals surface area contributed by atoms with Gasteiger partial charge in [0.25, 0.3) is 5.69 Å². The van der Waals surface area contributed by atoms with Crippen LogP contribution in [0.5, 0.6) is 0 Å². The number of aromatic nitrogens is 2. The summed E-state index contributed by atoms with van der Waals surface area (Å²) in [5.41, 5.74) is 1.54. The van der Waals surface area contributed by atoms with Gasteiger partial charge >= 0.3 is 0 Å². The summed E-state index contributed by atoms with van der Waals surface area (Å²) in [6.07, 6.45) is 1.63. The second kappa shape index (κ2) is 3.62. The number of rotatable bonds is 2. The Bertz CT molecular complexity index is 535. The lowest BCUT2D eigenvalue weighted by atomic mass is 10.1. The second-order valence-electron chi connectivity index (χ2n) is 3.21. The van der Waals surface area contributed by atoms with Crippen LogP contribution in [0.15, 0.2) is 18.3 Å². The van der Waals surface area contributed by atoms with Crippen LogP contribution in [0, 0.1) is 10.1 Å². The van der Waals surface area contributed by atoms with Gasteiger partial charge in [-0.2, -0.15) is 5.10 Å². The van der Waals surface area contributed by atoms with Gasteiger partial charge in [-0.15, -0.1) is 0 Å². The van der Waals surface area contributed by atoms with Gasteiger partial charge in [0.15, 0.2) is 0 Å². The van der Waals surface area contributed by atoms with Crippen LogP contribution in [0.25, 0.3) is 10.9 Å². The van der Waals surface area contributed by atoms with Gasteiger partial charge in [0, 0.05) is 23.8 Å². The topological polar surface area (TPSA) is 61.0 Å². The van der Waals surface area contributed by atoms with Gasteiger partial charge in [-0.25, -0.2) is 0 Å². The Balaban J connectivity index is 2.83. The molecule has 5 nitrogen and oxygen atoms in total. The summed E-state index contributed by atoms with van der Waals surface area (Å²) in [5.74, 6) is 0. The van der Waals surface area contributed by atoms with E-state index in [1.807, 2.05) is 6.07 Å². The molecule has 1 heterocycles. The van der Waals surface area contributed by atoms with Crippen molar-refractivity contribution in [3.63, 3.8) is 0 Å². The average molecular weight is 270 g/mol. The molecule has 0 atom stereocenters. The van der Waals surface area contributed by atoms with E-state index in [2.05, 4.69) is 21.0 Å². The molecular formula is C9H8BrN3O2. The average Bonchev–Trinajstić information content (AvgIpc) is 2.59. The molecule has 0 radical (unpaired) electrons. The maximum absolute atomic E-state index is 10.9. The highest BCUT2D eigenvalue weighted by Crippen LogP contribution is 2.27. The maximum atomic E-state index is 10.9. The van der Waals surface area contributed by atoms with Crippen molar-refractivity contribution in [2.75, 3.05) is 0 Å². The van der Waals surface area contributed by atoms with Crippen LogP contribution in [-0.4, -0.2) is 14.7 Å². The van der Waals surface area contributed by atoms with Crippen LogP contribution in [-0.2, 0) is 12.4 Å². The molecular weight excluding hydrogens is 262 g/mol. The van der Waals surface area contributed by atoms with Gasteiger partial charge in [-0.3, -0.25) is 14.8 Å². The van der Waals surface area contributed by atoms with Gasteiger partial charge < -0.3 is 0 Å². The Morgan fingerprint density at radius 3 is 2.93 bits per heavy atom. The number of nitro benzene ring substituents is 1. The van der Waals surface area contributed by atoms with E-state index in [0.29, 0.717) is 10.8 Å². The highest BCUT2D eigenvalue weighted by Gasteiger charge is 2.16. The third-order valence-corrected chi connectivity index (χ3v) is 2.87. The molecule has 0 aliphatic carbocycles. The van der Waals surface area contributed by atoms with Gasteiger partial charge in [0.1, 0.15) is 5.52 Å². The number of nitrogens with zero attached hydrogens (tertiary/aromatic N) is 3. The predicted molar refractivity (Wildman–Crippen MR) is 60.0 cm³/mol. The van der Waals surface area contributed by atoms with Crippen molar-refractivity contribution >= 4 is 32.5 Å². The molecule has 6 heteroatoms. The number of alkyl halides is 1. The second-order valence-corrected chi connectivity index (χ2v) is 3.77. The minimum atomic E-state index is -0.379. The fraction of sp³-hybridized carbons (Fsp3) is 0.222. The molecule has 0 amide bonds. The summed E-state index contributed by atoms with van der Waals surface area (Å²) < 4.78 is 1.52. The first-order valence-corrected chi connectivity index (χ1v) is 5.40. The zero-order chi connectivity index (χ0) is 11.0. The van der Waals surface area contributed by atoms with Crippen molar-refractivity contribution in [1.82, 2.24) is 9.78 Å². The SMILES string of the molecule is Cn1ncc2cc(CBr)cc([N+](=O)[O-])c21. The van der Waals surface area contributed by atoms with Gasteiger partial charge in [-0.05, 0) is 11.6 Å². The smallest absolute Gasteiger partial charge is 0.261 e. The number of fused-ring (bicyclic) bond motifs is 1. The van der Waals surface area contributed by atoms with Crippen molar-refractivity contribution in [2.45, 2.75) is 5.33 Å². The van der Waals surface area contributed by atoms with Crippen molar-refractivity contribution in [3.8, 4) is 0 Å². The number of hydrogen-bond acceptors (Lipinski definition) is 3.